The lowest BCUT2D eigenvalue weighted by molar-refractivity contribution is 0.435. The number of benzene rings is 8. The van der Waals surface area contributed by atoms with Gasteiger partial charge in [-0.1, -0.05) is 182 Å². The minimum atomic E-state index is -0.561. The van der Waals surface area contributed by atoms with E-state index in [1.165, 1.54) is 11.1 Å². The lowest BCUT2D eigenvalue weighted by Gasteiger charge is -2.41. The first kappa shape index (κ1) is 34.6. The zero-order valence-electron chi connectivity index (χ0n) is 31.5. The molecule has 1 aromatic heterocycles. The predicted octanol–water partition coefficient (Wildman–Crippen LogP) is 13.9. The van der Waals surface area contributed by atoms with Crippen molar-refractivity contribution in [2.45, 2.75) is 5.41 Å². The molecular formula is C54H35N3O. The van der Waals surface area contributed by atoms with Crippen LogP contribution in [0.15, 0.2) is 212 Å². The van der Waals surface area contributed by atoms with Crippen LogP contribution >= 0.6 is 0 Å². The molecule has 4 heteroatoms. The predicted molar refractivity (Wildman–Crippen MR) is 234 cm³/mol. The van der Waals surface area contributed by atoms with Gasteiger partial charge in [-0.3, -0.25) is 0 Å². The molecule has 58 heavy (non-hydrogen) atoms. The normalized spacial score (nSPS) is 12.4. The number of hydrogen-bond acceptors (Lipinski definition) is 3. The molecule has 0 saturated carbocycles. The maximum Gasteiger partial charge on any atom is 0.187 e. The fourth-order valence-corrected chi connectivity index (χ4v) is 8.29. The van der Waals surface area contributed by atoms with Crippen LogP contribution in [0.1, 0.15) is 22.3 Å². The van der Waals surface area contributed by atoms with Gasteiger partial charge in [0.05, 0.1) is 23.4 Å². The molecule has 8 aromatic carbocycles. The molecule has 2 heterocycles. The van der Waals surface area contributed by atoms with Crippen molar-refractivity contribution < 1.29 is 4.74 Å². The molecule has 10 rings (SSSR count). The Morgan fingerprint density at radius 3 is 1.47 bits per heavy atom. The summed E-state index contributed by atoms with van der Waals surface area (Å²) < 4.78 is 6.79. The van der Waals surface area contributed by atoms with Gasteiger partial charge in [-0.05, 0) is 69.3 Å². The smallest absolute Gasteiger partial charge is 0.187 e. The SMILES string of the molecule is [C-]#[N+]c1ccc(-c2cc(-c3ccccc3)nc(-c3cccc(-c4cccc(-c5ccc6c(c5)Oc5ccccc5C6(c5ccccc5)c5ccccc5)c4)c3)n2)cc1. The lowest BCUT2D eigenvalue weighted by Crippen LogP contribution is -2.34. The van der Waals surface area contributed by atoms with Crippen LogP contribution in [0.4, 0.5) is 5.69 Å². The molecule has 0 bridgehead atoms. The summed E-state index contributed by atoms with van der Waals surface area (Å²) >= 11 is 0. The second kappa shape index (κ2) is 14.7. The topological polar surface area (TPSA) is 39.4 Å². The first-order valence-corrected chi connectivity index (χ1v) is 19.3. The Labute approximate surface area is 338 Å². The van der Waals surface area contributed by atoms with Crippen LogP contribution in [-0.4, -0.2) is 9.97 Å². The summed E-state index contributed by atoms with van der Waals surface area (Å²) in [5.74, 6) is 2.33. The van der Waals surface area contributed by atoms with Crippen LogP contribution in [0.5, 0.6) is 11.5 Å². The number of fused-ring (bicyclic) bond motifs is 2. The van der Waals surface area contributed by atoms with Crippen LogP contribution < -0.4 is 4.74 Å². The van der Waals surface area contributed by atoms with Crippen LogP contribution in [0, 0.1) is 6.57 Å². The first-order valence-electron chi connectivity index (χ1n) is 19.3. The van der Waals surface area contributed by atoms with E-state index in [1.807, 2.05) is 54.6 Å². The summed E-state index contributed by atoms with van der Waals surface area (Å²) in [6.07, 6.45) is 0. The highest BCUT2D eigenvalue weighted by Crippen LogP contribution is 2.55. The van der Waals surface area contributed by atoms with Gasteiger partial charge in [-0.15, -0.1) is 0 Å². The van der Waals surface area contributed by atoms with Crippen molar-refractivity contribution in [3.8, 4) is 67.7 Å². The molecule has 1 aliphatic rings. The zero-order chi connectivity index (χ0) is 38.9. The van der Waals surface area contributed by atoms with E-state index in [2.05, 4.69) is 163 Å². The van der Waals surface area contributed by atoms with Crippen LogP contribution in [0.25, 0.3) is 61.0 Å². The van der Waals surface area contributed by atoms with Gasteiger partial charge in [-0.2, -0.15) is 0 Å². The van der Waals surface area contributed by atoms with E-state index in [-0.39, 0.29) is 0 Å². The monoisotopic (exact) mass is 741 g/mol. The van der Waals surface area contributed by atoms with Crippen LogP contribution in [-0.2, 0) is 5.41 Å². The van der Waals surface area contributed by atoms with Gasteiger partial charge in [0.1, 0.15) is 11.5 Å². The van der Waals surface area contributed by atoms with Crippen molar-refractivity contribution in [2.75, 3.05) is 0 Å². The van der Waals surface area contributed by atoms with Gasteiger partial charge in [0, 0.05) is 22.3 Å². The van der Waals surface area contributed by atoms with E-state index in [0.29, 0.717) is 11.5 Å². The lowest BCUT2D eigenvalue weighted by atomic mass is 9.63. The molecule has 0 fully saturated rings. The minimum absolute atomic E-state index is 0.561. The fraction of sp³-hybridized carbons (Fsp3) is 0.0185. The maximum atomic E-state index is 7.39. The van der Waals surface area contributed by atoms with Gasteiger partial charge in [-0.25, -0.2) is 14.8 Å². The van der Waals surface area contributed by atoms with Gasteiger partial charge >= 0.3 is 0 Å². The van der Waals surface area contributed by atoms with Crippen molar-refractivity contribution in [2.24, 2.45) is 0 Å². The second-order valence-corrected chi connectivity index (χ2v) is 14.4. The molecule has 9 aromatic rings. The largest absolute Gasteiger partial charge is 0.457 e. The summed E-state index contributed by atoms with van der Waals surface area (Å²) in [7, 11) is 0. The third-order valence-electron chi connectivity index (χ3n) is 11.0. The van der Waals surface area contributed by atoms with Crippen molar-refractivity contribution in [1.29, 1.82) is 0 Å². The number of para-hydroxylation sites is 1. The van der Waals surface area contributed by atoms with Gasteiger partial charge in [0.15, 0.2) is 11.5 Å². The maximum absolute atomic E-state index is 7.39. The van der Waals surface area contributed by atoms with Crippen molar-refractivity contribution in [1.82, 2.24) is 9.97 Å². The standard InChI is InChI=1S/C54H35N3O/c1-55-46-30-27-38(28-31-46)50-36-49(37-15-5-2-6-16-37)56-53(57-50)43-20-14-19-41(34-43)39-17-13-18-40(33-39)42-29-32-48-52(35-42)58-51-26-12-11-25-47(51)54(48,44-21-7-3-8-22-44)45-23-9-4-10-24-45/h2-36H. The van der Waals surface area contributed by atoms with Gasteiger partial charge in [0.25, 0.3) is 0 Å². The number of rotatable bonds is 7. The van der Waals surface area contributed by atoms with Crippen molar-refractivity contribution >= 4 is 5.69 Å². The molecule has 4 nitrogen and oxygen atoms in total. The van der Waals surface area contributed by atoms with E-state index < -0.39 is 5.41 Å². The summed E-state index contributed by atoms with van der Waals surface area (Å²) in [6.45, 7) is 7.39. The van der Waals surface area contributed by atoms with Crippen molar-refractivity contribution in [3.63, 3.8) is 0 Å². The summed E-state index contributed by atoms with van der Waals surface area (Å²) in [4.78, 5) is 13.7. The van der Waals surface area contributed by atoms with E-state index in [1.54, 1.807) is 0 Å². The highest BCUT2D eigenvalue weighted by atomic mass is 16.5. The summed E-state index contributed by atoms with van der Waals surface area (Å²) in [5.41, 5.74) is 13.4. The third-order valence-corrected chi connectivity index (χ3v) is 11.0. The molecule has 0 spiro atoms. The van der Waals surface area contributed by atoms with Crippen molar-refractivity contribution in [3.05, 3.63) is 246 Å². The Morgan fingerprint density at radius 2 is 0.845 bits per heavy atom. The van der Waals surface area contributed by atoms with E-state index in [9.17, 15) is 0 Å². The quantitative estimate of drug-likeness (QED) is 0.153. The third kappa shape index (κ3) is 6.12. The highest BCUT2D eigenvalue weighted by Gasteiger charge is 2.45. The minimum Gasteiger partial charge on any atom is -0.457 e. The summed E-state index contributed by atoms with van der Waals surface area (Å²) in [5, 5.41) is 0. The van der Waals surface area contributed by atoms with E-state index >= 15 is 0 Å². The zero-order valence-corrected chi connectivity index (χ0v) is 31.5. The molecular weight excluding hydrogens is 707 g/mol. The van der Waals surface area contributed by atoms with E-state index in [0.717, 1.165) is 73.0 Å². The molecule has 0 saturated heterocycles. The first-order chi connectivity index (χ1) is 28.7. The van der Waals surface area contributed by atoms with E-state index in [4.69, 9.17) is 21.3 Å². The molecule has 0 aliphatic carbocycles. The Bertz CT molecular complexity index is 2930. The average Bonchev–Trinajstić information content (AvgIpc) is 3.31. The molecule has 0 radical (unpaired) electrons. The number of hydrogen-bond donors (Lipinski definition) is 0. The molecule has 0 atom stereocenters. The Balaban J connectivity index is 1.05. The number of ether oxygens (including phenoxy) is 1. The Hall–Kier alpha value is -7.87. The highest BCUT2D eigenvalue weighted by molar-refractivity contribution is 5.79. The Morgan fingerprint density at radius 1 is 0.379 bits per heavy atom. The molecule has 0 amide bonds. The fourth-order valence-electron chi connectivity index (χ4n) is 8.29. The van der Waals surface area contributed by atoms with Gasteiger partial charge < -0.3 is 4.74 Å². The number of aromatic nitrogens is 2. The molecule has 0 unspecified atom stereocenters. The number of nitrogens with zero attached hydrogens (tertiary/aromatic N) is 3. The second-order valence-electron chi connectivity index (χ2n) is 14.4. The molecule has 0 N–H and O–H groups in total. The van der Waals surface area contributed by atoms with Crippen LogP contribution in [0.3, 0.4) is 0 Å². The van der Waals surface area contributed by atoms with Gasteiger partial charge in [0.2, 0.25) is 0 Å². The Kier molecular flexibility index (Phi) is 8.74. The van der Waals surface area contributed by atoms with Crippen LogP contribution in [0.2, 0.25) is 0 Å². The molecule has 1 aliphatic heterocycles. The molecule has 272 valence electrons. The average molecular weight is 742 g/mol. The summed E-state index contributed by atoms with van der Waals surface area (Å²) in [6, 6.07) is 73.4.